The Morgan fingerprint density at radius 3 is 2.65 bits per heavy atom. The number of likely N-dealkylation sites (tertiary alicyclic amines) is 1. The minimum atomic E-state index is 0.0454. The molecular weight excluding hydrogens is 344 g/mol. The average Bonchev–Trinajstić information content (AvgIpc) is 3.29. The van der Waals surface area contributed by atoms with Gasteiger partial charge in [0.2, 0.25) is 0 Å². The molecule has 132 valence electrons. The van der Waals surface area contributed by atoms with Crippen molar-refractivity contribution >= 4 is 17.2 Å². The molecule has 26 heavy (non-hydrogen) atoms. The van der Waals surface area contributed by atoms with Crippen LogP contribution in [0.2, 0.25) is 0 Å². The molecule has 3 aromatic rings. The molecule has 1 aliphatic heterocycles. The third kappa shape index (κ3) is 3.25. The molecule has 0 aliphatic carbocycles. The minimum absolute atomic E-state index is 0.0454. The molecule has 1 unspecified atom stereocenters. The van der Waals surface area contributed by atoms with E-state index in [1.54, 1.807) is 11.3 Å². The van der Waals surface area contributed by atoms with Crippen LogP contribution in [0.1, 0.15) is 21.8 Å². The lowest BCUT2D eigenvalue weighted by Crippen LogP contribution is -2.31. The number of aryl methyl sites for hydroxylation is 1. The van der Waals surface area contributed by atoms with E-state index in [1.807, 2.05) is 54.3 Å². The Morgan fingerprint density at radius 2 is 1.96 bits per heavy atom. The number of nitrogens with zero attached hydrogens (tertiary/aromatic N) is 3. The maximum Gasteiger partial charge on any atom is 0.253 e. The largest absolute Gasteiger partial charge is 0.337 e. The number of carbonyl (C=O) groups excluding carboxylic acids is 1. The zero-order valence-corrected chi connectivity index (χ0v) is 15.4. The summed E-state index contributed by atoms with van der Waals surface area (Å²) in [7, 11) is 0. The molecule has 1 atom stereocenters. The van der Waals surface area contributed by atoms with Crippen LogP contribution in [0.15, 0.2) is 48.5 Å². The van der Waals surface area contributed by atoms with Crippen LogP contribution in [0.3, 0.4) is 0 Å². The topological polar surface area (TPSA) is 72.1 Å². The van der Waals surface area contributed by atoms with E-state index in [9.17, 15) is 4.79 Å². The first-order valence-corrected chi connectivity index (χ1v) is 9.48. The number of amides is 1. The number of benzene rings is 2. The lowest BCUT2D eigenvalue weighted by molar-refractivity contribution is 0.0791. The van der Waals surface area contributed by atoms with Crippen LogP contribution in [0.25, 0.3) is 21.7 Å². The van der Waals surface area contributed by atoms with Gasteiger partial charge in [-0.15, -0.1) is 10.2 Å². The molecule has 2 N–H and O–H groups in total. The fourth-order valence-electron chi connectivity index (χ4n) is 3.30. The Balaban J connectivity index is 1.70. The number of nitrogens with two attached hydrogens (primary N) is 1. The van der Waals surface area contributed by atoms with Crippen molar-refractivity contribution in [3.8, 4) is 21.7 Å². The second-order valence-electron chi connectivity index (χ2n) is 6.55. The van der Waals surface area contributed by atoms with Crippen molar-refractivity contribution in [2.75, 3.05) is 13.1 Å². The highest BCUT2D eigenvalue weighted by Crippen LogP contribution is 2.34. The molecule has 0 bridgehead atoms. The number of rotatable bonds is 3. The van der Waals surface area contributed by atoms with Gasteiger partial charge in [-0.2, -0.15) is 0 Å². The minimum Gasteiger partial charge on any atom is -0.337 e. The highest BCUT2D eigenvalue weighted by Gasteiger charge is 2.24. The quantitative estimate of drug-likeness (QED) is 0.773. The lowest BCUT2D eigenvalue weighted by Gasteiger charge is -2.16. The maximum atomic E-state index is 12.8. The molecule has 5 nitrogen and oxygen atoms in total. The monoisotopic (exact) mass is 364 g/mol. The molecule has 6 heteroatoms. The van der Waals surface area contributed by atoms with Crippen LogP contribution < -0.4 is 5.73 Å². The Hall–Kier alpha value is -2.57. The third-order valence-electron chi connectivity index (χ3n) is 4.62. The number of carbonyl (C=O) groups is 1. The van der Waals surface area contributed by atoms with Crippen molar-refractivity contribution in [1.82, 2.24) is 15.1 Å². The molecule has 2 aromatic carbocycles. The van der Waals surface area contributed by atoms with Gasteiger partial charge in [0.1, 0.15) is 10.0 Å². The van der Waals surface area contributed by atoms with E-state index in [1.165, 1.54) is 0 Å². The van der Waals surface area contributed by atoms with Gasteiger partial charge in [0.05, 0.1) is 0 Å². The molecule has 2 heterocycles. The van der Waals surface area contributed by atoms with E-state index in [2.05, 4.69) is 16.3 Å². The summed E-state index contributed by atoms with van der Waals surface area (Å²) in [5, 5.41) is 10.2. The first-order chi connectivity index (χ1) is 12.6. The maximum absolute atomic E-state index is 12.8. The third-order valence-corrected chi connectivity index (χ3v) is 5.49. The zero-order valence-electron chi connectivity index (χ0n) is 14.6. The molecule has 1 aliphatic rings. The van der Waals surface area contributed by atoms with Gasteiger partial charge in [0.25, 0.3) is 5.91 Å². The summed E-state index contributed by atoms with van der Waals surface area (Å²) in [4.78, 5) is 14.6. The molecular formula is C20H20N4OS. The average molecular weight is 364 g/mol. The second-order valence-corrected chi connectivity index (χ2v) is 7.73. The van der Waals surface area contributed by atoms with Crippen molar-refractivity contribution in [2.24, 2.45) is 5.73 Å². The van der Waals surface area contributed by atoms with E-state index in [4.69, 9.17) is 5.73 Å². The van der Waals surface area contributed by atoms with Gasteiger partial charge >= 0.3 is 0 Å². The van der Waals surface area contributed by atoms with Gasteiger partial charge in [0.15, 0.2) is 0 Å². The van der Waals surface area contributed by atoms with Gasteiger partial charge < -0.3 is 10.6 Å². The Labute approximate surface area is 156 Å². The molecule has 1 saturated heterocycles. The summed E-state index contributed by atoms with van der Waals surface area (Å²) in [5.74, 6) is 0.0454. The number of aromatic nitrogens is 2. The predicted molar refractivity (Wildman–Crippen MR) is 104 cm³/mol. The number of hydrogen-bond acceptors (Lipinski definition) is 5. The standard InChI is InChI=1S/C20H20N4OS/c1-13-22-23-19(26-13)18-8-3-2-7-17(18)14-5-4-6-15(11-14)20(25)24-10-9-16(21)12-24/h2-8,11,16H,9-10,12,21H2,1H3. The SMILES string of the molecule is Cc1nnc(-c2ccccc2-c2cccc(C(=O)N3CCC(N)C3)c2)s1. The van der Waals surface area contributed by atoms with Crippen LogP contribution in [0, 0.1) is 6.92 Å². The van der Waals surface area contributed by atoms with Crippen LogP contribution in [-0.4, -0.2) is 40.1 Å². The second kappa shape index (κ2) is 6.97. The molecule has 0 radical (unpaired) electrons. The first-order valence-electron chi connectivity index (χ1n) is 8.66. The highest BCUT2D eigenvalue weighted by molar-refractivity contribution is 7.14. The zero-order chi connectivity index (χ0) is 18.1. The molecule has 1 aromatic heterocycles. The van der Waals surface area contributed by atoms with Crippen LogP contribution >= 0.6 is 11.3 Å². The van der Waals surface area contributed by atoms with Crippen molar-refractivity contribution in [2.45, 2.75) is 19.4 Å². The van der Waals surface area contributed by atoms with Gasteiger partial charge in [-0.3, -0.25) is 4.79 Å². The summed E-state index contributed by atoms with van der Waals surface area (Å²) in [6.45, 7) is 3.30. The summed E-state index contributed by atoms with van der Waals surface area (Å²) in [6, 6.07) is 16.0. The van der Waals surface area contributed by atoms with Crippen LogP contribution in [0.5, 0.6) is 0 Å². The summed E-state index contributed by atoms with van der Waals surface area (Å²) < 4.78 is 0. The predicted octanol–water partition coefficient (Wildman–Crippen LogP) is 3.35. The van der Waals surface area contributed by atoms with Crippen molar-refractivity contribution in [1.29, 1.82) is 0 Å². The van der Waals surface area contributed by atoms with Crippen LogP contribution in [0.4, 0.5) is 0 Å². The van der Waals surface area contributed by atoms with E-state index < -0.39 is 0 Å². The normalized spacial score (nSPS) is 16.8. The van der Waals surface area contributed by atoms with E-state index >= 15 is 0 Å². The van der Waals surface area contributed by atoms with Crippen molar-refractivity contribution in [3.63, 3.8) is 0 Å². The Bertz CT molecular complexity index is 952. The Kier molecular flexibility index (Phi) is 4.53. The summed E-state index contributed by atoms with van der Waals surface area (Å²) in [5.41, 5.74) is 9.72. The summed E-state index contributed by atoms with van der Waals surface area (Å²) in [6.07, 6.45) is 0.866. The van der Waals surface area contributed by atoms with E-state index in [0.717, 1.165) is 39.7 Å². The molecule has 1 fully saturated rings. The molecule has 0 spiro atoms. The smallest absolute Gasteiger partial charge is 0.253 e. The first kappa shape index (κ1) is 16.9. The van der Waals surface area contributed by atoms with Crippen molar-refractivity contribution in [3.05, 3.63) is 59.1 Å². The van der Waals surface area contributed by atoms with Crippen molar-refractivity contribution < 1.29 is 4.79 Å². The van der Waals surface area contributed by atoms with E-state index in [-0.39, 0.29) is 11.9 Å². The highest BCUT2D eigenvalue weighted by atomic mass is 32.1. The van der Waals surface area contributed by atoms with Gasteiger partial charge in [-0.05, 0) is 36.6 Å². The molecule has 4 rings (SSSR count). The Morgan fingerprint density at radius 1 is 1.15 bits per heavy atom. The van der Waals surface area contributed by atoms with Gasteiger partial charge in [-0.1, -0.05) is 47.7 Å². The molecule has 1 amide bonds. The van der Waals surface area contributed by atoms with Crippen LogP contribution in [-0.2, 0) is 0 Å². The fraction of sp³-hybridized carbons (Fsp3) is 0.250. The van der Waals surface area contributed by atoms with Gasteiger partial charge in [-0.25, -0.2) is 0 Å². The molecule has 0 saturated carbocycles. The fourth-order valence-corrected chi connectivity index (χ4v) is 4.03. The number of hydrogen-bond donors (Lipinski definition) is 1. The van der Waals surface area contributed by atoms with Gasteiger partial charge in [0, 0.05) is 30.3 Å². The van der Waals surface area contributed by atoms with E-state index in [0.29, 0.717) is 12.1 Å². The lowest BCUT2D eigenvalue weighted by atomic mass is 9.98. The summed E-state index contributed by atoms with van der Waals surface area (Å²) >= 11 is 1.57.